The van der Waals surface area contributed by atoms with Gasteiger partial charge in [-0.15, -0.1) is 0 Å². The van der Waals surface area contributed by atoms with Crippen molar-refractivity contribution in [3.63, 3.8) is 0 Å². The maximum atomic E-state index is 12.4. The van der Waals surface area contributed by atoms with Crippen LogP contribution in [0.2, 0.25) is 10.0 Å². The number of hydrogen-bond donors (Lipinski definition) is 1. The van der Waals surface area contributed by atoms with Crippen LogP contribution >= 0.6 is 39.1 Å². The van der Waals surface area contributed by atoms with Crippen LogP contribution in [0.4, 0.5) is 0 Å². The molecule has 0 spiro atoms. The third-order valence-electron chi connectivity index (χ3n) is 4.04. The number of fused-ring (bicyclic) bond motifs is 1. The molecule has 1 atom stereocenters. The molecule has 1 aliphatic rings. The molecule has 0 aromatic heterocycles. The van der Waals surface area contributed by atoms with Gasteiger partial charge in [0.15, 0.2) is 0 Å². The van der Waals surface area contributed by atoms with Crippen molar-refractivity contribution in [3.05, 3.63) is 67.6 Å². The van der Waals surface area contributed by atoms with E-state index < -0.39 is 17.7 Å². The van der Waals surface area contributed by atoms with Gasteiger partial charge in [0.05, 0.1) is 27.2 Å². The maximum Gasteiger partial charge on any atom is 0.262 e. The van der Waals surface area contributed by atoms with Crippen molar-refractivity contribution < 1.29 is 14.4 Å². The van der Waals surface area contributed by atoms with E-state index in [9.17, 15) is 14.4 Å². The summed E-state index contributed by atoms with van der Waals surface area (Å²) in [5.41, 5.74) is 1.20. The van der Waals surface area contributed by atoms with E-state index in [2.05, 4.69) is 21.2 Å². The number of rotatable bonds is 4. The summed E-state index contributed by atoms with van der Waals surface area (Å²) < 4.78 is 0.894. The van der Waals surface area contributed by atoms with E-state index >= 15 is 0 Å². The third kappa shape index (κ3) is 3.63. The molecular formula is C18H13BrCl2N2O3. The molecule has 26 heavy (non-hydrogen) atoms. The lowest BCUT2D eigenvalue weighted by Gasteiger charge is -2.18. The van der Waals surface area contributed by atoms with E-state index in [1.165, 1.54) is 12.1 Å². The zero-order chi connectivity index (χ0) is 19.0. The highest BCUT2D eigenvalue weighted by molar-refractivity contribution is 9.10. The quantitative estimate of drug-likeness (QED) is 0.701. The van der Waals surface area contributed by atoms with E-state index in [1.807, 2.05) is 31.2 Å². The first kappa shape index (κ1) is 18.9. The topological polar surface area (TPSA) is 66.5 Å². The van der Waals surface area contributed by atoms with E-state index in [0.29, 0.717) is 0 Å². The Morgan fingerprint density at radius 3 is 2.23 bits per heavy atom. The van der Waals surface area contributed by atoms with Crippen molar-refractivity contribution in [1.29, 1.82) is 0 Å². The van der Waals surface area contributed by atoms with Gasteiger partial charge in [0, 0.05) is 4.47 Å². The van der Waals surface area contributed by atoms with Gasteiger partial charge < -0.3 is 5.32 Å². The van der Waals surface area contributed by atoms with Crippen LogP contribution in [0.25, 0.3) is 0 Å². The molecule has 0 radical (unpaired) electrons. The monoisotopic (exact) mass is 454 g/mol. The van der Waals surface area contributed by atoms with Crippen molar-refractivity contribution in [2.45, 2.75) is 13.0 Å². The lowest BCUT2D eigenvalue weighted by atomic mass is 10.1. The Kier molecular flexibility index (Phi) is 5.37. The lowest BCUT2D eigenvalue weighted by Crippen LogP contribution is -2.41. The molecule has 8 heteroatoms. The van der Waals surface area contributed by atoms with E-state index in [-0.39, 0.29) is 33.8 Å². The fourth-order valence-corrected chi connectivity index (χ4v) is 3.46. The Morgan fingerprint density at radius 2 is 1.69 bits per heavy atom. The van der Waals surface area contributed by atoms with Crippen molar-refractivity contribution in [2.75, 3.05) is 6.54 Å². The minimum absolute atomic E-state index is 0.150. The van der Waals surface area contributed by atoms with Gasteiger partial charge in [0.25, 0.3) is 11.8 Å². The van der Waals surface area contributed by atoms with Gasteiger partial charge in [-0.1, -0.05) is 51.3 Å². The second kappa shape index (κ2) is 7.39. The number of halogens is 3. The van der Waals surface area contributed by atoms with Gasteiger partial charge in [-0.05, 0) is 36.8 Å². The predicted molar refractivity (Wildman–Crippen MR) is 103 cm³/mol. The Morgan fingerprint density at radius 1 is 1.12 bits per heavy atom. The van der Waals surface area contributed by atoms with Crippen molar-refractivity contribution in [3.8, 4) is 0 Å². The smallest absolute Gasteiger partial charge is 0.262 e. The predicted octanol–water partition coefficient (Wildman–Crippen LogP) is 4.23. The summed E-state index contributed by atoms with van der Waals surface area (Å²) in [6.07, 6.45) is 0. The molecule has 1 unspecified atom stereocenters. The van der Waals surface area contributed by atoms with Crippen molar-refractivity contribution in [1.82, 2.24) is 10.2 Å². The Bertz CT molecular complexity index is 892. The highest BCUT2D eigenvalue weighted by Crippen LogP contribution is 2.31. The van der Waals surface area contributed by atoms with Crippen LogP contribution in [-0.2, 0) is 4.79 Å². The van der Waals surface area contributed by atoms with E-state index in [4.69, 9.17) is 23.2 Å². The van der Waals surface area contributed by atoms with Crippen LogP contribution in [0.5, 0.6) is 0 Å². The fraction of sp³-hybridized carbons (Fsp3) is 0.167. The molecule has 0 bridgehead atoms. The summed E-state index contributed by atoms with van der Waals surface area (Å²) in [5.74, 6) is -1.56. The zero-order valence-electron chi connectivity index (χ0n) is 13.6. The normalized spacial score (nSPS) is 14.4. The molecule has 0 fully saturated rings. The van der Waals surface area contributed by atoms with Crippen LogP contribution in [0.3, 0.4) is 0 Å². The lowest BCUT2D eigenvalue weighted by molar-refractivity contribution is -0.122. The Labute approximate surface area is 168 Å². The van der Waals surface area contributed by atoms with Crippen molar-refractivity contribution in [2.24, 2.45) is 0 Å². The number of benzene rings is 2. The van der Waals surface area contributed by atoms with Crippen LogP contribution in [0.1, 0.15) is 39.2 Å². The van der Waals surface area contributed by atoms with Crippen LogP contribution in [0, 0.1) is 0 Å². The molecule has 0 saturated carbocycles. The standard InChI is InChI=1S/C18H13BrCl2N2O3/c1-9(10-3-2-4-11(19)5-10)22-16(24)8-23-17(25)12-6-14(20)15(21)7-13(12)18(23)26/h2-7,9H,8H2,1H3,(H,22,24). The minimum Gasteiger partial charge on any atom is -0.348 e. The molecule has 1 N–H and O–H groups in total. The first-order chi connectivity index (χ1) is 12.3. The first-order valence-electron chi connectivity index (χ1n) is 7.68. The summed E-state index contributed by atoms with van der Waals surface area (Å²) >= 11 is 15.2. The molecule has 2 aromatic rings. The summed E-state index contributed by atoms with van der Waals surface area (Å²) in [7, 11) is 0. The number of amides is 3. The highest BCUT2D eigenvalue weighted by atomic mass is 79.9. The summed E-state index contributed by atoms with van der Waals surface area (Å²) in [5, 5.41) is 3.15. The van der Waals surface area contributed by atoms with Gasteiger partial charge in [0.1, 0.15) is 6.54 Å². The van der Waals surface area contributed by atoms with E-state index in [1.54, 1.807) is 0 Å². The molecule has 3 rings (SSSR count). The Balaban J connectivity index is 1.72. The zero-order valence-corrected chi connectivity index (χ0v) is 16.7. The molecule has 134 valence electrons. The maximum absolute atomic E-state index is 12.4. The van der Waals surface area contributed by atoms with Crippen LogP contribution in [-0.4, -0.2) is 29.2 Å². The average molecular weight is 456 g/mol. The molecule has 2 aromatic carbocycles. The average Bonchev–Trinajstić information content (AvgIpc) is 2.80. The van der Waals surface area contributed by atoms with Gasteiger partial charge in [0.2, 0.25) is 5.91 Å². The van der Waals surface area contributed by atoms with Gasteiger partial charge in [-0.25, -0.2) is 0 Å². The van der Waals surface area contributed by atoms with Crippen LogP contribution < -0.4 is 5.32 Å². The molecule has 1 aliphatic heterocycles. The van der Waals surface area contributed by atoms with E-state index in [0.717, 1.165) is 14.9 Å². The largest absolute Gasteiger partial charge is 0.348 e. The van der Waals surface area contributed by atoms with Gasteiger partial charge >= 0.3 is 0 Å². The summed E-state index contributed by atoms with van der Waals surface area (Å²) in [4.78, 5) is 38.1. The SMILES string of the molecule is CC(NC(=O)CN1C(=O)c2cc(Cl)c(Cl)cc2C1=O)c1cccc(Br)c1. The molecular weight excluding hydrogens is 443 g/mol. The minimum atomic E-state index is -0.561. The number of nitrogens with zero attached hydrogens (tertiary/aromatic N) is 1. The molecule has 3 amide bonds. The number of imide groups is 1. The number of carbonyl (C=O) groups is 3. The molecule has 0 aliphatic carbocycles. The van der Waals surface area contributed by atoms with Gasteiger partial charge in [-0.3, -0.25) is 19.3 Å². The second-order valence-corrected chi connectivity index (χ2v) is 7.58. The third-order valence-corrected chi connectivity index (χ3v) is 5.25. The summed E-state index contributed by atoms with van der Waals surface area (Å²) in [6, 6.07) is 9.92. The molecule has 5 nitrogen and oxygen atoms in total. The summed E-state index contributed by atoms with van der Waals surface area (Å²) in [6.45, 7) is 1.45. The highest BCUT2D eigenvalue weighted by Gasteiger charge is 2.37. The number of carbonyl (C=O) groups excluding carboxylic acids is 3. The van der Waals surface area contributed by atoms with Crippen molar-refractivity contribution >= 4 is 56.9 Å². The molecule has 0 saturated heterocycles. The second-order valence-electron chi connectivity index (χ2n) is 5.85. The fourth-order valence-electron chi connectivity index (χ4n) is 2.72. The van der Waals surface area contributed by atoms with Crippen LogP contribution in [0.15, 0.2) is 40.9 Å². The van der Waals surface area contributed by atoms with Gasteiger partial charge in [-0.2, -0.15) is 0 Å². The number of hydrogen-bond acceptors (Lipinski definition) is 3. The first-order valence-corrected chi connectivity index (χ1v) is 9.23. The Hall–Kier alpha value is -1.89. The number of nitrogens with one attached hydrogen (secondary N) is 1. The molecule has 1 heterocycles.